The van der Waals surface area contributed by atoms with Crippen LogP contribution in [0.2, 0.25) is 5.02 Å². The Kier molecular flexibility index (Phi) is 3.89. The highest BCUT2D eigenvalue weighted by Gasteiger charge is 2.17. The van der Waals surface area contributed by atoms with Crippen LogP contribution in [0.25, 0.3) is 0 Å². The first-order valence-electron chi connectivity index (χ1n) is 5.93. The molecule has 4 heteroatoms. The number of nitrogens with one attached hydrogen (secondary N) is 1. The van der Waals surface area contributed by atoms with Gasteiger partial charge < -0.3 is 10.4 Å². The lowest BCUT2D eigenvalue weighted by Gasteiger charge is -2.25. The molecule has 17 heavy (non-hydrogen) atoms. The van der Waals surface area contributed by atoms with Gasteiger partial charge in [-0.25, -0.2) is 0 Å². The third kappa shape index (κ3) is 3.13. The van der Waals surface area contributed by atoms with Crippen molar-refractivity contribution in [3.63, 3.8) is 0 Å². The number of hydrogen-bond donors (Lipinski definition) is 2. The van der Waals surface area contributed by atoms with Crippen molar-refractivity contribution in [2.45, 2.75) is 25.7 Å². The molecule has 0 unspecified atom stereocenters. The lowest BCUT2D eigenvalue weighted by molar-refractivity contribution is 0.0946. The van der Waals surface area contributed by atoms with Gasteiger partial charge in [-0.1, -0.05) is 30.9 Å². The Bertz CT molecular complexity index is 416. The first kappa shape index (κ1) is 12.2. The fourth-order valence-corrected chi connectivity index (χ4v) is 2.13. The minimum Gasteiger partial charge on any atom is -0.507 e. The Morgan fingerprint density at radius 2 is 2.24 bits per heavy atom. The standard InChI is InChI=1S/C13H16ClNO2/c14-10-4-5-11(12(16)8-10)13(17)15-7-6-9-2-1-3-9/h4-5,8-9,16H,1-3,6-7H2,(H,15,17). The number of phenolic OH excluding ortho intramolecular Hbond substituents is 1. The maximum Gasteiger partial charge on any atom is 0.255 e. The summed E-state index contributed by atoms with van der Waals surface area (Å²) in [6.07, 6.45) is 4.90. The number of aromatic hydroxyl groups is 1. The number of halogens is 1. The van der Waals surface area contributed by atoms with Gasteiger partial charge in [0.15, 0.2) is 0 Å². The monoisotopic (exact) mass is 253 g/mol. The van der Waals surface area contributed by atoms with Crippen LogP contribution in [0.15, 0.2) is 18.2 Å². The zero-order chi connectivity index (χ0) is 12.3. The zero-order valence-electron chi connectivity index (χ0n) is 9.58. The quantitative estimate of drug-likeness (QED) is 0.867. The largest absolute Gasteiger partial charge is 0.507 e. The molecule has 2 N–H and O–H groups in total. The molecule has 1 aliphatic carbocycles. The van der Waals surface area contributed by atoms with Crippen molar-refractivity contribution in [3.05, 3.63) is 28.8 Å². The highest BCUT2D eigenvalue weighted by atomic mass is 35.5. The molecule has 1 aromatic carbocycles. The second-order valence-corrected chi connectivity index (χ2v) is 4.94. The first-order valence-corrected chi connectivity index (χ1v) is 6.31. The highest BCUT2D eigenvalue weighted by Crippen LogP contribution is 2.28. The van der Waals surface area contributed by atoms with Gasteiger partial charge in [0.05, 0.1) is 5.56 Å². The summed E-state index contributed by atoms with van der Waals surface area (Å²) in [5.74, 6) is 0.464. The van der Waals surface area contributed by atoms with Crippen molar-refractivity contribution in [1.82, 2.24) is 5.32 Å². The summed E-state index contributed by atoms with van der Waals surface area (Å²) in [6.45, 7) is 0.672. The van der Waals surface area contributed by atoms with E-state index in [1.807, 2.05) is 0 Å². The lowest BCUT2D eigenvalue weighted by Crippen LogP contribution is -2.27. The average Bonchev–Trinajstić information content (AvgIpc) is 2.21. The smallest absolute Gasteiger partial charge is 0.255 e. The van der Waals surface area contributed by atoms with E-state index in [4.69, 9.17) is 11.6 Å². The van der Waals surface area contributed by atoms with Crippen molar-refractivity contribution in [2.24, 2.45) is 5.92 Å². The predicted octanol–water partition coefficient (Wildman–Crippen LogP) is 2.97. The van der Waals surface area contributed by atoms with E-state index in [1.165, 1.54) is 31.4 Å². The summed E-state index contributed by atoms with van der Waals surface area (Å²) in [4.78, 5) is 11.8. The molecule has 2 rings (SSSR count). The molecule has 0 radical (unpaired) electrons. The Balaban J connectivity index is 1.85. The van der Waals surface area contributed by atoms with E-state index < -0.39 is 0 Å². The molecule has 1 amide bonds. The van der Waals surface area contributed by atoms with Crippen LogP contribution in [0.1, 0.15) is 36.0 Å². The number of hydrogen-bond acceptors (Lipinski definition) is 2. The van der Waals surface area contributed by atoms with Crippen LogP contribution < -0.4 is 5.32 Å². The van der Waals surface area contributed by atoms with E-state index in [1.54, 1.807) is 6.07 Å². The average molecular weight is 254 g/mol. The topological polar surface area (TPSA) is 49.3 Å². The molecule has 0 aromatic heterocycles. The van der Waals surface area contributed by atoms with Crippen molar-refractivity contribution in [2.75, 3.05) is 6.54 Å². The summed E-state index contributed by atoms with van der Waals surface area (Å²) < 4.78 is 0. The molecule has 0 atom stereocenters. The van der Waals surface area contributed by atoms with Gasteiger partial charge in [-0.05, 0) is 30.5 Å². The van der Waals surface area contributed by atoms with Crippen LogP contribution in [0, 0.1) is 5.92 Å². The van der Waals surface area contributed by atoms with E-state index in [9.17, 15) is 9.90 Å². The van der Waals surface area contributed by atoms with Crippen LogP contribution >= 0.6 is 11.6 Å². The predicted molar refractivity (Wildman–Crippen MR) is 67.4 cm³/mol. The number of rotatable bonds is 4. The number of amides is 1. The van der Waals surface area contributed by atoms with E-state index in [2.05, 4.69) is 5.32 Å². The van der Waals surface area contributed by atoms with Gasteiger partial charge in [-0.3, -0.25) is 4.79 Å². The van der Waals surface area contributed by atoms with Gasteiger partial charge in [0.2, 0.25) is 0 Å². The molecule has 3 nitrogen and oxygen atoms in total. The second-order valence-electron chi connectivity index (χ2n) is 4.50. The normalized spacial score (nSPS) is 15.4. The number of carbonyl (C=O) groups excluding carboxylic acids is 1. The Hall–Kier alpha value is -1.22. The molecular weight excluding hydrogens is 238 g/mol. The maximum absolute atomic E-state index is 11.8. The molecule has 1 aliphatic rings. The number of carbonyl (C=O) groups is 1. The van der Waals surface area contributed by atoms with Gasteiger partial charge in [0.1, 0.15) is 5.75 Å². The number of phenols is 1. The van der Waals surface area contributed by atoms with Crippen molar-refractivity contribution >= 4 is 17.5 Å². The van der Waals surface area contributed by atoms with Gasteiger partial charge in [0.25, 0.3) is 5.91 Å². The van der Waals surface area contributed by atoms with E-state index in [0.717, 1.165) is 12.3 Å². The molecule has 0 aliphatic heterocycles. The summed E-state index contributed by atoms with van der Waals surface area (Å²) >= 11 is 5.70. The lowest BCUT2D eigenvalue weighted by atomic mass is 9.83. The first-order chi connectivity index (χ1) is 8.16. The minimum absolute atomic E-state index is 0.0707. The third-order valence-corrected chi connectivity index (χ3v) is 3.50. The third-order valence-electron chi connectivity index (χ3n) is 3.27. The summed E-state index contributed by atoms with van der Waals surface area (Å²) in [5.41, 5.74) is 0.281. The molecule has 1 fully saturated rings. The second kappa shape index (κ2) is 5.41. The Morgan fingerprint density at radius 1 is 1.47 bits per heavy atom. The van der Waals surface area contributed by atoms with E-state index in [0.29, 0.717) is 11.6 Å². The number of benzene rings is 1. The van der Waals surface area contributed by atoms with Crippen LogP contribution in [-0.4, -0.2) is 17.6 Å². The van der Waals surface area contributed by atoms with Crippen LogP contribution in [0.5, 0.6) is 5.75 Å². The molecule has 0 spiro atoms. The zero-order valence-corrected chi connectivity index (χ0v) is 10.3. The molecule has 0 saturated heterocycles. The van der Waals surface area contributed by atoms with Crippen molar-refractivity contribution in [1.29, 1.82) is 0 Å². The summed E-state index contributed by atoms with van der Waals surface area (Å²) in [6, 6.07) is 4.51. The van der Waals surface area contributed by atoms with Crippen LogP contribution in [0.3, 0.4) is 0 Å². The van der Waals surface area contributed by atoms with Crippen molar-refractivity contribution < 1.29 is 9.90 Å². The van der Waals surface area contributed by atoms with Crippen molar-refractivity contribution in [3.8, 4) is 5.75 Å². The molecule has 1 saturated carbocycles. The molecular formula is C13H16ClNO2. The summed E-state index contributed by atoms with van der Waals surface area (Å²) in [7, 11) is 0. The minimum atomic E-state index is -0.238. The van der Waals surface area contributed by atoms with Gasteiger partial charge in [0, 0.05) is 11.6 Å². The fourth-order valence-electron chi connectivity index (χ4n) is 1.96. The van der Waals surface area contributed by atoms with Crippen LogP contribution in [0.4, 0.5) is 0 Å². The fraction of sp³-hybridized carbons (Fsp3) is 0.462. The Morgan fingerprint density at radius 3 is 2.82 bits per heavy atom. The molecule has 92 valence electrons. The van der Waals surface area contributed by atoms with Gasteiger partial charge in [-0.15, -0.1) is 0 Å². The molecule has 0 bridgehead atoms. The SMILES string of the molecule is O=C(NCCC1CCC1)c1ccc(Cl)cc1O. The van der Waals surface area contributed by atoms with E-state index in [-0.39, 0.29) is 17.2 Å². The molecule has 0 heterocycles. The van der Waals surface area contributed by atoms with Gasteiger partial charge >= 0.3 is 0 Å². The Labute approximate surface area is 106 Å². The van der Waals surface area contributed by atoms with E-state index >= 15 is 0 Å². The summed E-state index contributed by atoms with van der Waals surface area (Å²) in [5, 5.41) is 12.8. The van der Waals surface area contributed by atoms with Gasteiger partial charge in [-0.2, -0.15) is 0 Å². The highest BCUT2D eigenvalue weighted by molar-refractivity contribution is 6.30. The molecule has 1 aromatic rings. The van der Waals surface area contributed by atoms with Crippen LogP contribution in [-0.2, 0) is 0 Å². The maximum atomic E-state index is 11.8.